The van der Waals surface area contributed by atoms with Crippen molar-refractivity contribution < 1.29 is 63.6 Å². The van der Waals surface area contributed by atoms with Crippen molar-refractivity contribution in [2.24, 2.45) is 28.8 Å². The quantitative estimate of drug-likeness (QED) is 0.178. The summed E-state index contributed by atoms with van der Waals surface area (Å²) in [6.45, 7) is 17.0. The van der Waals surface area contributed by atoms with E-state index in [9.17, 15) is 30.3 Å². The number of oxime groups is 1. The van der Waals surface area contributed by atoms with Crippen LogP contribution in [0.2, 0.25) is 0 Å². The third kappa shape index (κ3) is 10.1. The number of carbonyl (C=O) groups excluding carboxylic acids is 1. The number of methoxy groups -OCH3 is 1. The van der Waals surface area contributed by atoms with E-state index in [1.165, 1.54) is 21.1 Å². The van der Waals surface area contributed by atoms with Crippen LogP contribution in [-0.4, -0.2) is 155 Å². The summed E-state index contributed by atoms with van der Waals surface area (Å²) in [5, 5.41) is 62.8. The average Bonchev–Trinajstić information content (AvgIpc) is 3.08. The molecule has 0 bridgehead atoms. The van der Waals surface area contributed by atoms with Crippen LogP contribution < -0.4 is 0 Å². The van der Waals surface area contributed by atoms with Crippen LogP contribution in [0.5, 0.6) is 0 Å². The lowest BCUT2D eigenvalue weighted by molar-refractivity contribution is -0.317. The number of rotatable bonds is 8. The first kappa shape index (κ1) is 45.9. The molecule has 3 fully saturated rings. The fourth-order valence-electron chi connectivity index (χ4n) is 8.70. The van der Waals surface area contributed by atoms with Gasteiger partial charge in [0.2, 0.25) is 0 Å². The molecule has 310 valence electrons. The number of carbonyl (C=O) groups is 1. The molecule has 0 saturated carbocycles. The maximum Gasteiger partial charge on any atom is 0.311 e. The van der Waals surface area contributed by atoms with E-state index < -0.39 is 102 Å². The van der Waals surface area contributed by atoms with Gasteiger partial charge in [-0.05, 0) is 74.9 Å². The van der Waals surface area contributed by atoms with Crippen LogP contribution in [0.4, 0.5) is 0 Å². The minimum absolute atomic E-state index is 0.0204. The maximum atomic E-state index is 14.2. The van der Waals surface area contributed by atoms with Gasteiger partial charge >= 0.3 is 5.97 Å². The van der Waals surface area contributed by atoms with E-state index in [-0.39, 0.29) is 31.4 Å². The van der Waals surface area contributed by atoms with Crippen molar-refractivity contribution in [2.45, 2.75) is 179 Å². The molecule has 0 aromatic rings. The highest BCUT2D eigenvalue weighted by Gasteiger charge is 2.53. The van der Waals surface area contributed by atoms with Crippen LogP contribution in [0.1, 0.15) is 94.9 Å². The summed E-state index contributed by atoms with van der Waals surface area (Å²) in [6.07, 6.45) is -9.08. The number of hydrogen-bond donors (Lipinski definition) is 5. The zero-order valence-corrected chi connectivity index (χ0v) is 34.4. The van der Waals surface area contributed by atoms with Gasteiger partial charge in [0.15, 0.2) is 12.6 Å². The van der Waals surface area contributed by atoms with Crippen LogP contribution >= 0.6 is 0 Å². The highest BCUT2D eigenvalue weighted by molar-refractivity contribution is 5.88. The van der Waals surface area contributed by atoms with Crippen molar-refractivity contribution in [1.29, 1.82) is 0 Å². The molecule has 0 aromatic heterocycles. The second-order valence-corrected chi connectivity index (χ2v) is 16.8. The molecule has 0 aromatic carbocycles. The fourth-order valence-corrected chi connectivity index (χ4v) is 8.70. The molecule has 0 aliphatic carbocycles. The molecule has 1 unspecified atom stereocenters. The van der Waals surface area contributed by atoms with Crippen molar-refractivity contribution in [1.82, 2.24) is 4.90 Å². The lowest BCUT2D eigenvalue weighted by atomic mass is 9.73. The Bertz CT molecular complexity index is 1220. The molecular formula is C38H70N2O13. The smallest absolute Gasteiger partial charge is 0.311 e. The second kappa shape index (κ2) is 18.2. The monoisotopic (exact) mass is 762 g/mol. The van der Waals surface area contributed by atoms with E-state index >= 15 is 0 Å². The van der Waals surface area contributed by atoms with E-state index in [2.05, 4.69) is 5.16 Å². The topological polar surface area (TPSA) is 198 Å². The molecule has 15 nitrogen and oxygen atoms in total. The molecule has 3 aliphatic heterocycles. The van der Waals surface area contributed by atoms with E-state index in [1.54, 1.807) is 48.5 Å². The zero-order chi connectivity index (χ0) is 40.4. The maximum absolute atomic E-state index is 14.2. The van der Waals surface area contributed by atoms with Crippen molar-refractivity contribution in [3.63, 3.8) is 0 Å². The minimum atomic E-state index is -1.91. The van der Waals surface area contributed by atoms with Gasteiger partial charge in [0.25, 0.3) is 0 Å². The van der Waals surface area contributed by atoms with Crippen LogP contribution in [-0.2, 0) is 38.1 Å². The van der Waals surface area contributed by atoms with Crippen LogP contribution in [0.3, 0.4) is 0 Å². The Morgan fingerprint density at radius 3 is 2.08 bits per heavy atom. The molecule has 3 heterocycles. The summed E-state index contributed by atoms with van der Waals surface area (Å²) in [6, 6.07) is -0.306. The molecule has 0 spiro atoms. The summed E-state index contributed by atoms with van der Waals surface area (Å²) in [4.78, 5) is 21.3. The van der Waals surface area contributed by atoms with Gasteiger partial charge in [-0.15, -0.1) is 0 Å². The summed E-state index contributed by atoms with van der Waals surface area (Å²) in [5.74, 6) is -3.90. The standard InChI is InChI=1S/C38H70N2O13/c1-15-26-38(10,46)31(42)21(4)28(39-48-14)19(2)17-36(8,45)33(53-35-29(41)25(40(11)12)16-20(3)49-35)22(5)30(23(6)34(44)51-26)52-27-18-37(9,47-13)32(43)24(7)50-27/h19-27,29-33,35,41-43,45-46H,15-18H2,1-14H3/b39-28+/t19-,20-,21+,22-,23-,24+,25+,26-,27+,29-,30+,31-,32+,33?,35+,36-,37-,38+/m1/s1. The molecule has 0 amide bonds. The molecule has 3 saturated heterocycles. The van der Waals surface area contributed by atoms with Gasteiger partial charge in [-0.3, -0.25) is 4.79 Å². The van der Waals surface area contributed by atoms with E-state index in [1.807, 2.05) is 32.8 Å². The largest absolute Gasteiger partial charge is 0.459 e. The molecule has 53 heavy (non-hydrogen) atoms. The summed E-state index contributed by atoms with van der Waals surface area (Å²) >= 11 is 0. The second-order valence-electron chi connectivity index (χ2n) is 16.8. The molecule has 3 aliphatic rings. The number of cyclic esters (lactones) is 1. The van der Waals surface area contributed by atoms with Crippen molar-refractivity contribution in [3.05, 3.63) is 0 Å². The molecule has 5 N–H and O–H groups in total. The van der Waals surface area contributed by atoms with Crippen LogP contribution in [0, 0.1) is 23.7 Å². The SMILES string of the molecule is CC[C@H]1OC(=O)[C@H](C)[C@@H](O[C@H]2C[C@@](C)(OC)[C@@H](O)[C@H](C)O2)[C@@H](C)C(O[C@@H]2O[C@H](C)C[C@H](N(C)C)[C@H]2O)[C@](C)(O)C[C@@H](C)/C(=N\OC)[C@H](C)[C@@H](O)[C@@]1(C)O. The number of esters is 1. The predicted molar refractivity (Wildman–Crippen MR) is 196 cm³/mol. The third-order valence-electron chi connectivity index (χ3n) is 12.1. The Labute approximate surface area is 316 Å². The number of likely N-dealkylation sites (N-methyl/N-ethyl adjacent to an activating group) is 1. The molecule has 0 radical (unpaired) electrons. The first-order chi connectivity index (χ1) is 24.5. The molecule has 3 rings (SSSR count). The third-order valence-corrected chi connectivity index (χ3v) is 12.1. The Kier molecular flexibility index (Phi) is 15.7. The molecule has 18 atom stereocenters. The number of aliphatic hydroxyl groups is 5. The predicted octanol–water partition coefficient (Wildman–Crippen LogP) is 2.22. The van der Waals surface area contributed by atoms with Gasteiger partial charge in [0, 0.05) is 37.3 Å². The Morgan fingerprint density at radius 1 is 0.906 bits per heavy atom. The Balaban J connectivity index is 2.23. The summed E-state index contributed by atoms with van der Waals surface area (Å²) < 4.78 is 37.4. The Hall–Kier alpha value is -1.50. The summed E-state index contributed by atoms with van der Waals surface area (Å²) in [7, 11) is 6.60. The lowest BCUT2D eigenvalue weighted by Crippen LogP contribution is -2.61. The first-order valence-corrected chi connectivity index (χ1v) is 19.1. The highest BCUT2D eigenvalue weighted by Crippen LogP contribution is 2.41. The number of hydrogen-bond acceptors (Lipinski definition) is 15. The normalized spacial score (nSPS) is 49.0. The lowest BCUT2D eigenvalue weighted by Gasteiger charge is -2.49. The number of aliphatic hydroxyl groups excluding tert-OH is 3. The van der Waals surface area contributed by atoms with Crippen molar-refractivity contribution in [3.8, 4) is 0 Å². The minimum Gasteiger partial charge on any atom is -0.459 e. The van der Waals surface area contributed by atoms with E-state index in [4.69, 9.17) is 33.3 Å². The van der Waals surface area contributed by atoms with Gasteiger partial charge in [-0.2, -0.15) is 0 Å². The number of ether oxygens (including phenoxy) is 6. The Morgan fingerprint density at radius 2 is 1.53 bits per heavy atom. The van der Waals surface area contributed by atoms with Gasteiger partial charge in [0.1, 0.15) is 31.0 Å². The van der Waals surface area contributed by atoms with Gasteiger partial charge in [-0.25, -0.2) is 0 Å². The molecule has 15 heteroatoms. The van der Waals surface area contributed by atoms with Gasteiger partial charge in [0.05, 0.1) is 53.4 Å². The van der Waals surface area contributed by atoms with E-state index in [0.29, 0.717) is 12.1 Å². The van der Waals surface area contributed by atoms with Crippen LogP contribution in [0.15, 0.2) is 5.16 Å². The summed E-state index contributed by atoms with van der Waals surface area (Å²) in [5.41, 5.74) is -4.30. The van der Waals surface area contributed by atoms with E-state index in [0.717, 1.165) is 0 Å². The number of nitrogens with zero attached hydrogens (tertiary/aromatic N) is 2. The fraction of sp³-hybridized carbons (Fsp3) is 0.947. The zero-order valence-electron chi connectivity index (χ0n) is 34.4. The molecular weight excluding hydrogens is 692 g/mol. The van der Waals surface area contributed by atoms with Gasteiger partial charge < -0.3 is 63.7 Å². The van der Waals surface area contributed by atoms with Crippen molar-refractivity contribution >= 4 is 11.7 Å². The van der Waals surface area contributed by atoms with Crippen LogP contribution in [0.25, 0.3) is 0 Å². The van der Waals surface area contributed by atoms with Crippen molar-refractivity contribution in [2.75, 3.05) is 28.3 Å². The average molecular weight is 763 g/mol. The van der Waals surface area contributed by atoms with Gasteiger partial charge in [-0.1, -0.05) is 32.9 Å². The first-order valence-electron chi connectivity index (χ1n) is 19.1. The highest BCUT2D eigenvalue weighted by atomic mass is 16.7.